The Hall–Kier alpha value is -2.28. The van der Waals surface area contributed by atoms with E-state index in [0.717, 1.165) is 31.5 Å². The van der Waals surface area contributed by atoms with Crippen molar-refractivity contribution < 1.29 is 9.90 Å². The van der Waals surface area contributed by atoms with Crippen molar-refractivity contribution in [1.29, 1.82) is 0 Å². The van der Waals surface area contributed by atoms with Crippen molar-refractivity contribution in [2.24, 2.45) is 11.8 Å². The highest BCUT2D eigenvalue weighted by Crippen LogP contribution is 2.31. The van der Waals surface area contributed by atoms with Crippen molar-refractivity contribution in [2.45, 2.75) is 44.4 Å². The summed E-state index contributed by atoms with van der Waals surface area (Å²) < 4.78 is 0. The average Bonchev–Trinajstić information content (AvgIpc) is 3.20. The Bertz CT molecular complexity index is 656. The SMILES string of the molecule is O=C(O)[C@@H](CCCC1CCNCC1)[C@H](Cc1ccccc1)c1nnn[nH]1. The van der Waals surface area contributed by atoms with Crippen molar-refractivity contribution in [3.8, 4) is 0 Å². The second-order valence-corrected chi connectivity index (χ2v) is 7.15. The van der Waals surface area contributed by atoms with Crippen molar-refractivity contribution in [2.75, 3.05) is 13.1 Å². The van der Waals surface area contributed by atoms with E-state index < -0.39 is 11.9 Å². The number of rotatable bonds is 9. The van der Waals surface area contributed by atoms with Gasteiger partial charge >= 0.3 is 5.97 Å². The largest absolute Gasteiger partial charge is 0.481 e. The topological polar surface area (TPSA) is 104 Å². The third-order valence-corrected chi connectivity index (χ3v) is 5.40. The molecule has 1 aliphatic heterocycles. The quantitative estimate of drug-likeness (QED) is 0.637. The van der Waals surface area contributed by atoms with Gasteiger partial charge in [-0.1, -0.05) is 43.2 Å². The Morgan fingerprint density at radius 2 is 2.00 bits per heavy atom. The van der Waals surface area contributed by atoms with Crippen LogP contribution >= 0.6 is 0 Å². The van der Waals surface area contributed by atoms with Gasteiger partial charge in [-0.15, -0.1) is 5.10 Å². The standard InChI is InChI=1S/C19H27N5O2/c25-19(26)16(8-4-7-14-9-11-20-12-10-14)17(18-21-23-24-22-18)13-15-5-2-1-3-6-15/h1-3,5-6,14,16-17,20H,4,7-13H2,(H,25,26)(H,21,22,23,24)/t16-,17-/m0/s1. The number of H-pyrrole nitrogens is 1. The van der Waals surface area contributed by atoms with E-state index in [-0.39, 0.29) is 5.92 Å². The van der Waals surface area contributed by atoms with Crippen LogP contribution < -0.4 is 5.32 Å². The zero-order valence-electron chi connectivity index (χ0n) is 15.0. The predicted octanol–water partition coefficient (Wildman–Crippen LogP) is 2.40. The van der Waals surface area contributed by atoms with E-state index in [2.05, 4.69) is 25.9 Å². The third-order valence-electron chi connectivity index (χ3n) is 5.40. The first-order valence-electron chi connectivity index (χ1n) is 9.45. The Morgan fingerprint density at radius 1 is 1.23 bits per heavy atom. The normalized spacial score (nSPS) is 17.7. The van der Waals surface area contributed by atoms with Crippen LogP contribution in [0.25, 0.3) is 0 Å². The second kappa shape index (κ2) is 9.43. The molecule has 0 spiro atoms. The number of benzene rings is 1. The molecule has 1 saturated heterocycles. The molecule has 0 saturated carbocycles. The highest BCUT2D eigenvalue weighted by atomic mass is 16.4. The van der Waals surface area contributed by atoms with Gasteiger partial charge in [-0.2, -0.15) is 0 Å². The molecule has 1 aromatic carbocycles. The number of aromatic amines is 1. The molecule has 1 fully saturated rings. The minimum atomic E-state index is -0.771. The van der Waals surface area contributed by atoms with Gasteiger partial charge < -0.3 is 10.4 Å². The summed E-state index contributed by atoms with van der Waals surface area (Å²) in [6, 6.07) is 9.94. The monoisotopic (exact) mass is 357 g/mol. The summed E-state index contributed by atoms with van der Waals surface area (Å²) >= 11 is 0. The maximum atomic E-state index is 12.0. The van der Waals surface area contributed by atoms with Gasteiger partial charge in [0.1, 0.15) is 0 Å². The summed E-state index contributed by atoms with van der Waals surface area (Å²) in [4.78, 5) is 12.0. The van der Waals surface area contributed by atoms with E-state index >= 15 is 0 Å². The van der Waals surface area contributed by atoms with Gasteiger partial charge in [0, 0.05) is 5.92 Å². The minimum absolute atomic E-state index is 0.252. The summed E-state index contributed by atoms with van der Waals surface area (Å²) in [6.07, 6.45) is 5.67. The number of carbonyl (C=O) groups is 1. The molecule has 26 heavy (non-hydrogen) atoms. The van der Waals surface area contributed by atoms with Crippen LogP contribution in [0.3, 0.4) is 0 Å². The van der Waals surface area contributed by atoms with Crippen molar-refractivity contribution in [3.05, 3.63) is 41.7 Å². The van der Waals surface area contributed by atoms with E-state index in [9.17, 15) is 9.90 Å². The van der Waals surface area contributed by atoms with E-state index in [1.807, 2.05) is 30.3 Å². The predicted molar refractivity (Wildman–Crippen MR) is 97.6 cm³/mol. The van der Waals surface area contributed by atoms with Crippen LogP contribution in [-0.2, 0) is 11.2 Å². The zero-order chi connectivity index (χ0) is 18.2. The first-order chi connectivity index (χ1) is 12.7. The number of hydrogen-bond acceptors (Lipinski definition) is 5. The molecule has 3 rings (SSSR count). The van der Waals surface area contributed by atoms with Crippen LogP contribution in [0.1, 0.15) is 49.4 Å². The fraction of sp³-hybridized carbons (Fsp3) is 0.579. The number of tetrazole rings is 1. The highest BCUT2D eigenvalue weighted by molar-refractivity contribution is 5.71. The smallest absolute Gasteiger partial charge is 0.307 e. The molecule has 0 aliphatic carbocycles. The molecule has 0 unspecified atom stereocenters. The lowest BCUT2D eigenvalue weighted by Gasteiger charge is -2.25. The van der Waals surface area contributed by atoms with E-state index in [1.54, 1.807) is 0 Å². The summed E-state index contributed by atoms with van der Waals surface area (Å²) in [7, 11) is 0. The molecule has 140 valence electrons. The molecule has 7 nitrogen and oxygen atoms in total. The lowest BCUT2D eigenvalue weighted by atomic mass is 9.81. The Morgan fingerprint density at radius 3 is 2.65 bits per heavy atom. The molecule has 0 radical (unpaired) electrons. The Balaban J connectivity index is 1.67. The van der Waals surface area contributed by atoms with Crippen LogP contribution in [0.5, 0.6) is 0 Å². The van der Waals surface area contributed by atoms with Crippen molar-refractivity contribution in [3.63, 3.8) is 0 Å². The molecule has 1 aliphatic rings. The molecule has 0 amide bonds. The molecule has 7 heteroatoms. The van der Waals surface area contributed by atoms with Crippen LogP contribution in [0, 0.1) is 11.8 Å². The lowest BCUT2D eigenvalue weighted by molar-refractivity contribution is -0.143. The maximum absolute atomic E-state index is 12.0. The molecular weight excluding hydrogens is 330 g/mol. The average molecular weight is 357 g/mol. The first-order valence-corrected chi connectivity index (χ1v) is 9.45. The number of nitrogens with zero attached hydrogens (tertiary/aromatic N) is 3. The van der Waals surface area contributed by atoms with Gasteiger partial charge in [-0.25, -0.2) is 5.10 Å². The molecule has 0 bridgehead atoms. The number of carboxylic acids is 1. The highest BCUT2D eigenvalue weighted by Gasteiger charge is 2.32. The molecule has 2 heterocycles. The van der Waals surface area contributed by atoms with Gasteiger partial charge in [0.05, 0.1) is 5.92 Å². The van der Waals surface area contributed by atoms with E-state index in [1.165, 1.54) is 12.8 Å². The summed E-state index contributed by atoms with van der Waals surface area (Å²) in [5.41, 5.74) is 1.10. The number of aliphatic carboxylic acids is 1. The maximum Gasteiger partial charge on any atom is 0.307 e. The first kappa shape index (κ1) is 18.5. The van der Waals surface area contributed by atoms with Crippen LogP contribution in [0.2, 0.25) is 0 Å². The van der Waals surface area contributed by atoms with Gasteiger partial charge in [0.2, 0.25) is 0 Å². The second-order valence-electron chi connectivity index (χ2n) is 7.15. The fourth-order valence-electron chi connectivity index (χ4n) is 3.91. The fourth-order valence-corrected chi connectivity index (χ4v) is 3.91. The van der Waals surface area contributed by atoms with Gasteiger partial charge in [0.25, 0.3) is 0 Å². The van der Waals surface area contributed by atoms with Gasteiger partial charge in [-0.05, 0) is 60.7 Å². The number of carboxylic acid groups (broad SMARTS) is 1. The van der Waals surface area contributed by atoms with E-state index in [4.69, 9.17) is 0 Å². The molecule has 3 N–H and O–H groups in total. The van der Waals surface area contributed by atoms with Crippen molar-refractivity contribution in [1.82, 2.24) is 25.9 Å². The number of nitrogens with one attached hydrogen (secondary N) is 2. The van der Waals surface area contributed by atoms with Crippen LogP contribution in [0.15, 0.2) is 30.3 Å². The summed E-state index contributed by atoms with van der Waals surface area (Å²) in [5, 5.41) is 27.4. The zero-order valence-corrected chi connectivity index (χ0v) is 15.0. The lowest BCUT2D eigenvalue weighted by Crippen LogP contribution is -2.28. The summed E-state index contributed by atoms with van der Waals surface area (Å²) in [5.74, 6) is -0.245. The Kier molecular flexibility index (Phi) is 6.71. The Labute approximate surface area is 153 Å². The number of piperidine rings is 1. The van der Waals surface area contributed by atoms with E-state index in [0.29, 0.717) is 24.6 Å². The number of hydrogen-bond donors (Lipinski definition) is 3. The minimum Gasteiger partial charge on any atom is -0.481 e. The molecule has 2 atom stereocenters. The summed E-state index contributed by atoms with van der Waals surface area (Å²) in [6.45, 7) is 2.15. The number of aromatic nitrogens is 4. The van der Waals surface area contributed by atoms with Gasteiger partial charge in [-0.3, -0.25) is 4.79 Å². The van der Waals surface area contributed by atoms with Crippen molar-refractivity contribution >= 4 is 5.97 Å². The van der Waals surface area contributed by atoms with Gasteiger partial charge in [0.15, 0.2) is 5.82 Å². The third kappa shape index (κ3) is 5.11. The molecule has 2 aromatic rings. The molecule has 1 aromatic heterocycles. The van der Waals surface area contributed by atoms with Crippen LogP contribution in [-0.4, -0.2) is 44.8 Å². The molecular formula is C19H27N5O2. The van der Waals surface area contributed by atoms with Crippen LogP contribution in [0.4, 0.5) is 0 Å².